The van der Waals surface area contributed by atoms with Crippen LogP contribution in [0.2, 0.25) is 0 Å². The van der Waals surface area contributed by atoms with Crippen molar-refractivity contribution in [1.29, 1.82) is 0 Å². The number of amides is 1. The zero-order chi connectivity index (χ0) is 15.8. The molecular weight excluding hydrogens is 316 g/mol. The second kappa shape index (κ2) is 8.53. The van der Waals surface area contributed by atoms with Gasteiger partial charge in [-0.15, -0.1) is 23.5 Å². The van der Waals surface area contributed by atoms with Crippen molar-refractivity contribution < 1.29 is 19.6 Å². The Labute approximate surface area is 129 Å². The van der Waals surface area contributed by atoms with Gasteiger partial charge in [0.25, 0.3) is 11.6 Å². The molecule has 0 saturated carbocycles. The molecule has 0 unspecified atom stereocenters. The molecule has 0 aliphatic rings. The van der Waals surface area contributed by atoms with Crippen LogP contribution in [0.1, 0.15) is 10.4 Å². The number of nitro benzene ring substituents is 1. The van der Waals surface area contributed by atoms with E-state index in [1.807, 2.05) is 6.26 Å². The van der Waals surface area contributed by atoms with Crippen molar-refractivity contribution in [2.24, 2.45) is 0 Å². The van der Waals surface area contributed by atoms with E-state index in [9.17, 15) is 19.7 Å². The van der Waals surface area contributed by atoms with E-state index in [0.29, 0.717) is 5.75 Å². The third-order valence-corrected chi connectivity index (χ3v) is 4.07. The molecule has 0 aromatic heterocycles. The second-order valence-corrected chi connectivity index (χ2v) is 5.83. The van der Waals surface area contributed by atoms with E-state index in [4.69, 9.17) is 5.11 Å². The molecule has 1 rings (SSSR count). The summed E-state index contributed by atoms with van der Waals surface area (Å²) in [5, 5.41) is 21.9. The molecule has 0 heterocycles. The Morgan fingerprint density at radius 2 is 2.14 bits per heavy atom. The third kappa shape index (κ3) is 5.64. The number of aliphatic carboxylic acids is 1. The molecule has 0 aliphatic heterocycles. The predicted molar refractivity (Wildman–Crippen MR) is 82.2 cm³/mol. The normalized spacial score (nSPS) is 10.1. The zero-order valence-corrected chi connectivity index (χ0v) is 12.8. The number of hydrogen-bond acceptors (Lipinski definition) is 6. The lowest BCUT2D eigenvalue weighted by Crippen LogP contribution is -2.26. The molecular formula is C12H14N2O5S2. The monoisotopic (exact) mass is 330 g/mol. The van der Waals surface area contributed by atoms with Crippen molar-refractivity contribution in [3.05, 3.63) is 33.9 Å². The van der Waals surface area contributed by atoms with E-state index < -0.39 is 16.8 Å². The van der Waals surface area contributed by atoms with E-state index in [-0.39, 0.29) is 23.5 Å². The van der Waals surface area contributed by atoms with Crippen LogP contribution in [0, 0.1) is 10.1 Å². The molecule has 0 bridgehead atoms. The second-order valence-electron chi connectivity index (χ2n) is 3.84. The number of rotatable bonds is 8. The highest BCUT2D eigenvalue weighted by molar-refractivity contribution is 7.99. The summed E-state index contributed by atoms with van der Waals surface area (Å²) in [5.74, 6) is -1.07. The Balaban J connectivity index is 2.67. The summed E-state index contributed by atoms with van der Waals surface area (Å²) >= 11 is 2.55. The number of nitrogens with one attached hydrogen (secondary N) is 1. The average Bonchev–Trinajstić information content (AvgIpc) is 2.45. The van der Waals surface area contributed by atoms with Crippen LogP contribution in [-0.4, -0.2) is 46.2 Å². The van der Waals surface area contributed by atoms with Gasteiger partial charge in [-0.05, 0) is 18.4 Å². The predicted octanol–water partition coefficient (Wildman–Crippen LogP) is 1.86. The van der Waals surface area contributed by atoms with Gasteiger partial charge in [0.1, 0.15) is 5.56 Å². The van der Waals surface area contributed by atoms with Crippen LogP contribution in [-0.2, 0) is 4.79 Å². The van der Waals surface area contributed by atoms with Crippen LogP contribution in [0.3, 0.4) is 0 Å². The van der Waals surface area contributed by atoms with Crippen molar-refractivity contribution in [3.63, 3.8) is 0 Å². The van der Waals surface area contributed by atoms with Gasteiger partial charge in [0.2, 0.25) is 0 Å². The minimum absolute atomic E-state index is 0.00934. The molecule has 21 heavy (non-hydrogen) atoms. The fraction of sp³-hybridized carbons (Fsp3) is 0.333. The molecule has 0 spiro atoms. The molecule has 9 heteroatoms. The van der Waals surface area contributed by atoms with E-state index in [1.165, 1.54) is 23.9 Å². The number of carboxylic acid groups (broad SMARTS) is 1. The number of thioether (sulfide) groups is 2. The number of carboxylic acids is 1. The van der Waals surface area contributed by atoms with Crippen molar-refractivity contribution in [3.8, 4) is 0 Å². The maximum atomic E-state index is 12.0. The highest BCUT2D eigenvalue weighted by Gasteiger charge is 2.20. The van der Waals surface area contributed by atoms with Gasteiger partial charge in [-0.3, -0.25) is 19.7 Å². The Hall–Kier alpha value is -1.74. The largest absolute Gasteiger partial charge is 0.481 e. The maximum absolute atomic E-state index is 12.0. The van der Waals surface area contributed by atoms with Crippen LogP contribution in [0.25, 0.3) is 0 Å². The van der Waals surface area contributed by atoms with Gasteiger partial charge in [0, 0.05) is 23.3 Å². The quantitative estimate of drug-likeness (QED) is 0.324. The molecule has 2 N–H and O–H groups in total. The fourth-order valence-electron chi connectivity index (χ4n) is 1.47. The van der Waals surface area contributed by atoms with Crippen LogP contribution >= 0.6 is 23.5 Å². The molecule has 0 fully saturated rings. The highest BCUT2D eigenvalue weighted by Crippen LogP contribution is 2.24. The number of hydrogen-bond donors (Lipinski definition) is 2. The van der Waals surface area contributed by atoms with Gasteiger partial charge in [-0.2, -0.15) is 0 Å². The molecule has 0 atom stereocenters. The fourth-order valence-corrected chi connectivity index (χ4v) is 2.48. The first-order valence-electron chi connectivity index (χ1n) is 5.86. The van der Waals surface area contributed by atoms with Crippen molar-refractivity contribution in [2.45, 2.75) is 4.90 Å². The summed E-state index contributed by atoms with van der Waals surface area (Å²) in [6.45, 7) is 0.247. The maximum Gasteiger partial charge on any atom is 0.313 e. The SMILES string of the molecule is CSc1ccc([N+](=O)[O-])c(C(=O)NCCSCC(=O)O)c1. The van der Waals surface area contributed by atoms with Crippen molar-refractivity contribution >= 4 is 41.1 Å². The summed E-state index contributed by atoms with van der Waals surface area (Å²) in [7, 11) is 0. The first-order chi connectivity index (χ1) is 9.95. The third-order valence-electron chi connectivity index (χ3n) is 2.40. The lowest BCUT2D eigenvalue weighted by Gasteiger charge is -2.06. The Bertz CT molecular complexity index is 550. The smallest absolute Gasteiger partial charge is 0.313 e. The number of nitrogens with zero attached hydrogens (tertiary/aromatic N) is 1. The molecule has 1 aromatic carbocycles. The van der Waals surface area contributed by atoms with E-state index in [0.717, 1.165) is 16.7 Å². The number of carbonyl (C=O) groups excluding carboxylic acids is 1. The van der Waals surface area contributed by atoms with Crippen LogP contribution in [0.4, 0.5) is 5.69 Å². The van der Waals surface area contributed by atoms with Crippen molar-refractivity contribution in [2.75, 3.05) is 24.3 Å². The lowest BCUT2D eigenvalue weighted by molar-refractivity contribution is -0.385. The Morgan fingerprint density at radius 1 is 1.43 bits per heavy atom. The van der Waals surface area contributed by atoms with Gasteiger partial charge in [0.05, 0.1) is 10.7 Å². The summed E-state index contributed by atoms with van der Waals surface area (Å²) in [5.41, 5.74) is -0.237. The molecule has 0 aliphatic carbocycles. The molecule has 114 valence electrons. The topological polar surface area (TPSA) is 110 Å². The first kappa shape index (κ1) is 17.3. The van der Waals surface area contributed by atoms with E-state index >= 15 is 0 Å². The van der Waals surface area contributed by atoms with Crippen molar-refractivity contribution in [1.82, 2.24) is 5.32 Å². The molecule has 0 saturated heterocycles. The molecule has 7 nitrogen and oxygen atoms in total. The Kier molecular flexibility index (Phi) is 7.03. The van der Waals surface area contributed by atoms with Gasteiger partial charge in [-0.1, -0.05) is 0 Å². The van der Waals surface area contributed by atoms with E-state index in [1.54, 1.807) is 6.07 Å². The van der Waals surface area contributed by atoms with Crippen LogP contribution in [0.15, 0.2) is 23.1 Å². The lowest BCUT2D eigenvalue weighted by atomic mass is 10.1. The van der Waals surface area contributed by atoms with Crippen LogP contribution < -0.4 is 5.32 Å². The van der Waals surface area contributed by atoms with Gasteiger partial charge < -0.3 is 10.4 Å². The summed E-state index contributed by atoms with van der Waals surface area (Å²) in [6, 6.07) is 4.37. The Morgan fingerprint density at radius 3 is 2.71 bits per heavy atom. The number of carbonyl (C=O) groups is 2. The van der Waals surface area contributed by atoms with Crippen LogP contribution in [0.5, 0.6) is 0 Å². The molecule has 1 amide bonds. The first-order valence-corrected chi connectivity index (χ1v) is 8.23. The highest BCUT2D eigenvalue weighted by atomic mass is 32.2. The number of nitro groups is 1. The van der Waals surface area contributed by atoms with E-state index in [2.05, 4.69) is 5.32 Å². The summed E-state index contributed by atoms with van der Waals surface area (Å²) in [4.78, 5) is 33.4. The average molecular weight is 330 g/mol. The zero-order valence-electron chi connectivity index (χ0n) is 11.2. The summed E-state index contributed by atoms with van der Waals surface area (Å²) in [6.07, 6.45) is 1.81. The van der Waals surface area contributed by atoms with Gasteiger partial charge in [-0.25, -0.2) is 0 Å². The number of benzene rings is 1. The minimum Gasteiger partial charge on any atom is -0.481 e. The summed E-state index contributed by atoms with van der Waals surface area (Å²) < 4.78 is 0. The van der Waals surface area contributed by atoms with Gasteiger partial charge in [0.15, 0.2) is 0 Å². The van der Waals surface area contributed by atoms with Gasteiger partial charge >= 0.3 is 5.97 Å². The minimum atomic E-state index is -0.922. The molecule has 1 aromatic rings. The molecule has 0 radical (unpaired) electrons. The standard InChI is InChI=1S/C12H14N2O5S2/c1-20-8-2-3-10(14(18)19)9(6-8)12(17)13-4-5-21-7-11(15)16/h2-3,6H,4-5,7H2,1H3,(H,13,17)(H,15,16).